The van der Waals surface area contributed by atoms with E-state index in [0.717, 1.165) is 5.56 Å². The summed E-state index contributed by atoms with van der Waals surface area (Å²) in [6.45, 7) is 8.40. The summed E-state index contributed by atoms with van der Waals surface area (Å²) in [5.74, 6) is -1.89. The van der Waals surface area contributed by atoms with E-state index in [1.165, 1.54) is 25.1 Å². The van der Waals surface area contributed by atoms with Gasteiger partial charge in [-0.15, -0.1) is 0 Å². The molecule has 3 atom stereocenters. The van der Waals surface area contributed by atoms with Gasteiger partial charge in [-0.05, 0) is 77.3 Å². The number of likely N-dealkylation sites (tertiary alicyclic amines) is 1. The zero-order chi connectivity index (χ0) is 29.4. The van der Waals surface area contributed by atoms with E-state index in [9.17, 15) is 14.4 Å². The number of rotatable bonds is 7. The van der Waals surface area contributed by atoms with E-state index >= 15 is 4.39 Å². The van der Waals surface area contributed by atoms with Crippen LogP contribution in [0.3, 0.4) is 0 Å². The highest BCUT2D eigenvalue weighted by atomic mass is 35.5. The molecular weight excluding hydrogens is 537 g/mol. The molecule has 3 aromatic rings. The lowest BCUT2D eigenvalue weighted by Crippen LogP contribution is -2.57. The molecule has 2 amide bonds. The Balaban J connectivity index is 1.55. The van der Waals surface area contributed by atoms with E-state index in [0.29, 0.717) is 23.6 Å². The van der Waals surface area contributed by atoms with Gasteiger partial charge in [0.25, 0.3) is 5.91 Å². The van der Waals surface area contributed by atoms with Crippen LogP contribution in [0.2, 0.25) is 5.02 Å². The van der Waals surface area contributed by atoms with Crippen LogP contribution >= 0.6 is 11.6 Å². The molecule has 0 unspecified atom stereocenters. The molecule has 1 aliphatic rings. The van der Waals surface area contributed by atoms with Gasteiger partial charge in [0, 0.05) is 28.2 Å². The van der Waals surface area contributed by atoms with E-state index in [4.69, 9.17) is 22.1 Å². The number of hydrogen-bond acceptors (Lipinski definition) is 6. The first-order valence-corrected chi connectivity index (χ1v) is 13.4. The van der Waals surface area contributed by atoms with E-state index in [1.54, 1.807) is 24.8 Å². The zero-order valence-corrected chi connectivity index (χ0v) is 23.8. The number of nitrogens with one attached hydrogen (secondary N) is 2. The lowest BCUT2D eigenvalue weighted by molar-refractivity contribution is -0.137. The number of carbonyl (C=O) groups excluding carboxylic acids is 2. The molecule has 0 saturated carbocycles. The van der Waals surface area contributed by atoms with Gasteiger partial charge in [-0.1, -0.05) is 23.7 Å². The Morgan fingerprint density at radius 1 is 1.20 bits per heavy atom. The Morgan fingerprint density at radius 3 is 2.60 bits per heavy atom. The summed E-state index contributed by atoms with van der Waals surface area (Å²) in [5.41, 5.74) is 6.37. The summed E-state index contributed by atoms with van der Waals surface area (Å²) < 4.78 is 20.9. The maximum atomic E-state index is 15.3. The van der Waals surface area contributed by atoms with Crippen LogP contribution in [-0.2, 0) is 4.79 Å². The number of H-pyrrole nitrogens is 1. The van der Waals surface area contributed by atoms with Crippen molar-refractivity contribution < 1.29 is 18.7 Å². The van der Waals surface area contributed by atoms with Crippen molar-refractivity contribution in [3.8, 4) is 11.5 Å². The molecule has 9 nitrogen and oxygen atoms in total. The summed E-state index contributed by atoms with van der Waals surface area (Å²) in [5, 5.41) is 9.28. The number of amides is 2. The molecular formula is C29H33ClFN5O4. The molecule has 0 bridgehead atoms. The Bertz CT molecular complexity index is 1500. The van der Waals surface area contributed by atoms with Gasteiger partial charge in [-0.2, -0.15) is 5.10 Å². The van der Waals surface area contributed by atoms with Gasteiger partial charge in [0.1, 0.15) is 17.6 Å². The fraction of sp³-hybridized carbons (Fsp3) is 0.379. The molecule has 1 saturated heterocycles. The molecule has 2 heterocycles. The van der Waals surface area contributed by atoms with Crippen molar-refractivity contribution in [2.45, 2.75) is 71.1 Å². The Morgan fingerprint density at radius 2 is 1.93 bits per heavy atom. The number of aromatic nitrogens is 2. The Labute approximate surface area is 236 Å². The van der Waals surface area contributed by atoms with Crippen LogP contribution in [0.4, 0.5) is 4.39 Å². The van der Waals surface area contributed by atoms with Gasteiger partial charge in [0.05, 0.1) is 17.3 Å². The predicted molar refractivity (Wildman–Crippen MR) is 150 cm³/mol. The first-order valence-electron chi connectivity index (χ1n) is 13.0. The van der Waals surface area contributed by atoms with Crippen LogP contribution in [0, 0.1) is 19.7 Å². The fourth-order valence-corrected chi connectivity index (χ4v) is 5.28. The molecule has 212 valence electrons. The SMILES string of the molecule is Cc1cc(Oc2ccc(C(=O)N[C@H](C)C(=O)N3[C@H](c4cccc(Cl)c4)CC[C@@H]3C(C)(C)N)c(F)c2C)c(=O)[nH]n1. The first-order chi connectivity index (χ1) is 18.8. The number of ether oxygens (including phenoxy) is 1. The molecule has 2 aromatic carbocycles. The molecule has 4 rings (SSSR count). The highest BCUT2D eigenvalue weighted by Gasteiger charge is 2.45. The van der Waals surface area contributed by atoms with Crippen molar-refractivity contribution in [1.82, 2.24) is 20.4 Å². The Kier molecular flexibility index (Phi) is 8.32. The maximum absolute atomic E-state index is 15.3. The second-order valence-corrected chi connectivity index (χ2v) is 11.2. The lowest BCUT2D eigenvalue weighted by Gasteiger charge is -2.39. The van der Waals surface area contributed by atoms with Crippen molar-refractivity contribution >= 4 is 23.4 Å². The summed E-state index contributed by atoms with van der Waals surface area (Å²) in [7, 11) is 0. The standard InChI is InChI=1S/C29H33ClFN5O4/c1-15-13-23(27(38)35-34-15)40-22-11-9-20(25(31)16(22)2)26(37)33-17(3)28(39)36-21(10-12-24(36)29(4,5)32)18-7-6-8-19(30)14-18/h6-9,11,13-14,17,21,24H,10,12,32H2,1-5H3,(H,33,37)(H,35,38)/t17-,21+,24-/m1/s1. The van der Waals surface area contributed by atoms with Gasteiger partial charge < -0.3 is 20.7 Å². The van der Waals surface area contributed by atoms with Crippen molar-refractivity contribution in [3.05, 3.63) is 86.0 Å². The van der Waals surface area contributed by atoms with Crippen LogP contribution in [0.15, 0.2) is 47.3 Å². The fourth-order valence-electron chi connectivity index (χ4n) is 5.08. The summed E-state index contributed by atoms with van der Waals surface area (Å²) in [4.78, 5) is 40.6. The van der Waals surface area contributed by atoms with Crippen LogP contribution in [0.1, 0.15) is 66.8 Å². The molecule has 1 aliphatic heterocycles. The largest absolute Gasteiger partial charge is 0.451 e. The second kappa shape index (κ2) is 11.4. The van der Waals surface area contributed by atoms with Gasteiger partial charge >= 0.3 is 5.56 Å². The molecule has 1 fully saturated rings. The molecule has 11 heteroatoms. The quantitative estimate of drug-likeness (QED) is 0.382. The van der Waals surface area contributed by atoms with E-state index in [2.05, 4.69) is 15.5 Å². The van der Waals surface area contributed by atoms with E-state index in [-0.39, 0.29) is 40.6 Å². The van der Waals surface area contributed by atoms with Crippen LogP contribution in [0.5, 0.6) is 11.5 Å². The number of nitrogens with two attached hydrogens (primary N) is 1. The average Bonchev–Trinajstić information content (AvgIpc) is 3.34. The molecule has 40 heavy (non-hydrogen) atoms. The summed E-state index contributed by atoms with van der Waals surface area (Å²) >= 11 is 6.23. The first kappa shape index (κ1) is 29.2. The number of nitrogens with zero attached hydrogens (tertiary/aromatic N) is 2. The number of aromatic amines is 1. The third-order valence-electron chi connectivity index (χ3n) is 7.15. The maximum Gasteiger partial charge on any atom is 0.307 e. The topological polar surface area (TPSA) is 130 Å². The molecule has 0 radical (unpaired) electrons. The van der Waals surface area contributed by atoms with Gasteiger partial charge in [0.2, 0.25) is 5.91 Å². The highest BCUT2D eigenvalue weighted by molar-refractivity contribution is 6.30. The van der Waals surface area contributed by atoms with Gasteiger partial charge in [-0.25, -0.2) is 9.49 Å². The van der Waals surface area contributed by atoms with E-state index < -0.39 is 28.9 Å². The van der Waals surface area contributed by atoms with Gasteiger partial charge in [-0.3, -0.25) is 14.4 Å². The Hall–Kier alpha value is -3.76. The van der Waals surface area contributed by atoms with Crippen LogP contribution in [-0.4, -0.2) is 44.5 Å². The minimum atomic E-state index is -0.967. The lowest BCUT2D eigenvalue weighted by atomic mass is 9.93. The minimum Gasteiger partial charge on any atom is -0.451 e. The van der Waals surface area contributed by atoms with Crippen LogP contribution < -0.4 is 21.3 Å². The van der Waals surface area contributed by atoms with Gasteiger partial charge in [0.15, 0.2) is 5.75 Å². The molecule has 0 aliphatic carbocycles. The third-order valence-corrected chi connectivity index (χ3v) is 7.38. The molecule has 4 N–H and O–H groups in total. The second-order valence-electron chi connectivity index (χ2n) is 10.8. The number of aryl methyl sites for hydroxylation is 1. The number of halogens is 2. The molecule has 1 aromatic heterocycles. The molecule has 0 spiro atoms. The number of hydrogen-bond donors (Lipinski definition) is 3. The number of benzene rings is 2. The van der Waals surface area contributed by atoms with Crippen molar-refractivity contribution in [2.24, 2.45) is 5.73 Å². The van der Waals surface area contributed by atoms with Crippen molar-refractivity contribution in [1.29, 1.82) is 0 Å². The number of carbonyl (C=O) groups is 2. The average molecular weight is 570 g/mol. The van der Waals surface area contributed by atoms with E-state index in [1.807, 2.05) is 32.0 Å². The van der Waals surface area contributed by atoms with Crippen molar-refractivity contribution in [2.75, 3.05) is 0 Å². The highest BCUT2D eigenvalue weighted by Crippen LogP contribution is 2.40. The third kappa shape index (κ3) is 6.03. The predicted octanol–water partition coefficient (Wildman–Crippen LogP) is 4.56. The zero-order valence-electron chi connectivity index (χ0n) is 23.0. The van der Waals surface area contributed by atoms with Crippen molar-refractivity contribution in [3.63, 3.8) is 0 Å². The monoisotopic (exact) mass is 569 g/mol. The normalized spacial score (nSPS) is 17.9. The smallest absolute Gasteiger partial charge is 0.307 e. The summed E-state index contributed by atoms with van der Waals surface area (Å²) in [6, 6.07) is 9.90. The summed E-state index contributed by atoms with van der Waals surface area (Å²) in [6.07, 6.45) is 1.37. The minimum absolute atomic E-state index is 0.0333. The van der Waals surface area contributed by atoms with Crippen LogP contribution in [0.25, 0.3) is 0 Å².